The average molecular weight is 351 g/mol. The van der Waals surface area contributed by atoms with Crippen LogP contribution in [-0.4, -0.2) is 41.7 Å². The van der Waals surface area contributed by atoms with Gasteiger partial charge in [0.15, 0.2) is 0 Å². The van der Waals surface area contributed by atoms with Crippen LogP contribution in [0.4, 0.5) is 0 Å². The molecule has 0 aliphatic carbocycles. The third kappa shape index (κ3) is 7.96. The van der Waals surface area contributed by atoms with Crippen LogP contribution in [-0.2, 0) is 19.2 Å². The Morgan fingerprint density at radius 3 is 2.36 bits per heavy atom. The SMILES string of the molecule is CCCCC(C)C(=O)NCNC(=O)CCCCCN1C(=O)C=CC1=O. The molecule has 1 heterocycles. The number of amides is 4. The van der Waals surface area contributed by atoms with Crippen LogP contribution in [0.15, 0.2) is 12.2 Å². The number of carbonyl (C=O) groups excluding carboxylic acids is 4. The van der Waals surface area contributed by atoms with Crippen molar-refractivity contribution in [2.24, 2.45) is 5.92 Å². The number of carbonyl (C=O) groups is 4. The largest absolute Gasteiger partial charge is 0.339 e. The molecule has 1 rings (SSSR count). The van der Waals surface area contributed by atoms with Crippen LogP contribution in [0.3, 0.4) is 0 Å². The first-order chi connectivity index (χ1) is 12.0. The maximum absolute atomic E-state index is 11.8. The van der Waals surface area contributed by atoms with Crippen LogP contribution in [0.5, 0.6) is 0 Å². The highest BCUT2D eigenvalue weighted by atomic mass is 16.2. The van der Waals surface area contributed by atoms with Crippen LogP contribution in [0.2, 0.25) is 0 Å². The van der Waals surface area contributed by atoms with Crippen LogP contribution in [0.1, 0.15) is 58.8 Å². The van der Waals surface area contributed by atoms with Gasteiger partial charge in [0.2, 0.25) is 11.8 Å². The fourth-order valence-electron chi connectivity index (χ4n) is 2.52. The first-order valence-corrected chi connectivity index (χ1v) is 9.03. The maximum Gasteiger partial charge on any atom is 0.253 e. The average Bonchev–Trinajstić information content (AvgIpc) is 2.90. The highest BCUT2D eigenvalue weighted by Gasteiger charge is 2.22. The van der Waals surface area contributed by atoms with Crippen molar-refractivity contribution in [3.05, 3.63) is 12.2 Å². The Kier molecular flexibility index (Phi) is 9.50. The fraction of sp³-hybridized carbons (Fsp3) is 0.667. The van der Waals surface area contributed by atoms with E-state index in [1.54, 1.807) is 0 Å². The predicted molar refractivity (Wildman–Crippen MR) is 94.2 cm³/mol. The summed E-state index contributed by atoms with van der Waals surface area (Å²) in [5.41, 5.74) is 0. The van der Waals surface area contributed by atoms with Crippen LogP contribution in [0.25, 0.3) is 0 Å². The molecule has 0 saturated heterocycles. The molecule has 140 valence electrons. The molecule has 0 aromatic rings. The summed E-state index contributed by atoms with van der Waals surface area (Å²) in [6, 6.07) is 0. The predicted octanol–water partition coefficient (Wildman–Crippen LogP) is 1.49. The van der Waals surface area contributed by atoms with E-state index in [9.17, 15) is 19.2 Å². The van der Waals surface area contributed by atoms with E-state index in [-0.39, 0.29) is 36.2 Å². The molecule has 1 aliphatic rings. The van der Waals surface area contributed by atoms with Gasteiger partial charge in [0.05, 0.1) is 6.67 Å². The Morgan fingerprint density at radius 2 is 1.72 bits per heavy atom. The number of rotatable bonds is 12. The monoisotopic (exact) mass is 351 g/mol. The highest BCUT2D eigenvalue weighted by molar-refractivity contribution is 6.12. The normalized spacial score (nSPS) is 14.7. The Hall–Kier alpha value is -2.18. The summed E-state index contributed by atoms with van der Waals surface area (Å²) >= 11 is 0. The van der Waals surface area contributed by atoms with E-state index in [4.69, 9.17) is 0 Å². The second-order valence-corrected chi connectivity index (χ2v) is 6.33. The summed E-state index contributed by atoms with van der Waals surface area (Å²) in [6.07, 6.45) is 7.95. The van der Waals surface area contributed by atoms with Gasteiger partial charge in [0.25, 0.3) is 11.8 Å². The van der Waals surface area contributed by atoms with E-state index in [0.717, 1.165) is 25.7 Å². The molecular weight excluding hydrogens is 322 g/mol. The summed E-state index contributed by atoms with van der Waals surface area (Å²) in [6.45, 7) is 4.51. The van der Waals surface area contributed by atoms with Gasteiger partial charge in [-0.3, -0.25) is 24.1 Å². The maximum atomic E-state index is 11.8. The molecule has 0 aromatic carbocycles. The molecule has 1 aliphatic heterocycles. The first kappa shape index (κ1) is 20.9. The summed E-state index contributed by atoms with van der Waals surface area (Å²) in [7, 11) is 0. The lowest BCUT2D eigenvalue weighted by Crippen LogP contribution is -2.39. The van der Waals surface area contributed by atoms with Crippen LogP contribution >= 0.6 is 0 Å². The molecule has 4 amide bonds. The standard InChI is InChI=1S/C18H29N3O4/c1-3-4-8-14(2)18(25)20-13-19-15(22)9-6-5-7-12-21-16(23)10-11-17(21)24/h10-11,14H,3-9,12-13H2,1-2H3,(H,19,22)(H,20,25). The van der Waals surface area contributed by atoms with Crippen molar-refractivity contribution in [1.82, 2.24) is 15.5 Å². The number of hydrogen-bond acceptors (Lipinski definition) is 4. The minimum Gasteiger partial charge on any atom is -0.339 e. The van der Waals surface area contributed by atoms with E-state index < -0.39 is 0 Å². The first-order valence-electron chi connectivity index (χ1n) is 9.03. The minimum absolute atomic E-state index is 0.0395. The van der Waals surface area contributed by atoms with Crippen molar-refractivity contribution in [1.29, 1.82) is 0 Å². The van der Waals surface area contributed by atoms with Gasteiger partial charge in [0, 0.05) is 31.0 Å². The molecule has 0 saturated carbocycles. The molecule has 2 N–H and O–H groups in total. The molecule has 0 aromatic heterocycles. The van der Waals surface area contributed by atoms with Crippen LogP contribution in [0, 0.1) is 5.92 Å². The van der Waals surface area contributed by atoms with E-state index in [2.05, 4.69) is 17.6 Å². The van der Waals surface area contributed by atoms with E-state index >= 15 is 0 Å². The van der Waals surface area contributed by atoms with Crippen molar-refractivity contribution >= 4 is 23.6 Å². The minimum atomic E-state index is -0.272. The summed E-state index contributed by atoms with van der Waals surface area (Å²) in [4.78, 5) is 47.4. The van der Waals surface area contributed by atoms with E-state index in [1.807, 2.05) is 6.92 Å². The zero-order valence-corrected chi connectivity index (χ0v) is 15.2. The van der Waals surface area contributed by atoms with Crippen molar-refractivity contribution in [3.63, 3.8) is 0 Å². The quantitative estimate of drug-likeness (QED) is 0.316. The molecule has 7 nitrogen and oxygen atoms in total. The molecule has 0 radical (unpaired) electrons. The number of imide groups is 1. The lowest BCUT2D eigenvalue weighted by Gasteiger charge is -2.13. The summed E-state index contributed by atoms with van der Waals surface area (Å²) in [5, 5.41) is 5.38. The topological polar surface area (TPSA) is 95.6 Å². The van der Waals surface area contributed by atoms with Gasteiger partial charge in [-0.25, -0.2) is 0 Å². The zero-order valence-electron chi connectivity index (χ0n) is 15.2. The van der Waals surface area contributed by atoms with Gasteiger partial charge < -0.3 is 10.6 Å². The highest BCUT2D eigenvalue weighted by Crippen LogP contribution is 2.08. The molecule has 0 bridgehead atoms. The number of nitrogens with zero attached hydrogens (tertiary/aromatic N) is 1. The summed E-state index contributed by atoms with van der Waals surface area (Å²) in [5.74, 6) is -0.737. The van der Waals surface area contributed by atoms with Gasteiger partial charge in [-0.2, -0.15) is 0 Å². The second-order valence-electron chi connectivity index (χ2n) is 6.33. The number of hydrogen-bond donors (Lipinski definition) is 2. The van der Waals surface area contributed by atoms with Gasteiger partial charge in [-0.15, -0.1) is 0 Å². The van der Waals surface area contributed by atoms with Gasteiger partial charge in [-0.05, 0) is 19.3 Å². The Labute approximate surface area is 149 Å². The van der Waals surface area contributed by atoms with Gasteiger partial charge in [0.1, 0.15) is 0 Å². The Bertz CT molecular complexity index is 498. The lowest BCUT2D eigenvalue weighted by atomic mass is 10.0. The van der Waals surface area contributed by atoms with Crippen molar-refractivity contribution in [3.8, 4) is 0 Å². The third-order valence-electron chi connectivity index (χ3n) is 4.17. The fourth-order valence-corrected chi connectivity index (χ4v) is 2.52. The third-order valence-corrected chi connectivity index (χ3v) is 4.17. The lowest BCUT2D eigenvalue weighted by molar-refractivity contribution is -0.137. The molecule has 0 spiro atoms. The molecular formula is C18H29N3O4. The van der Waals surface area contributed by atoms with Gasteiger partial charge in [-0.1, -0.05) is 33.1 Å². The Balaban J connectivity index is 2.03. The van der Waals surface area contributed by atoms with E-state index in [0.29, 0.717) is 25.8 Å². The summed E-state index contributed by atoms with van der Waals surface area (Å²) < 4.78 is 0. The molecule has 1 unspecified atom stereocenters. The van der Waals surface area contributed by atoms with Crippen molar-refractivity contribution in [2.75, 3.05) is 13.2 Å². The molecule has 0 fully saturated rings. The zero-order chi connectivity index (χ0) is 18.7. The molecule has 1 atom stereocenters. The smallest absolute Gasteiger partial charge is 0.253 e. The second kappa shape index (κ2) is 11.4. The van der Waals surface area contributed by atoms with Crippen molar-refractivity contribution in [2.45, 2.75) is 58.8 Å². The number of nitrogens with one attached hydrogen (secondary N) is 2. The number of unbranched alkanes of at least 4 members (excludes halogenated alkanes) is 3. The van der Waals surface area contributed by atoms with Crippen molar-refractivity contribution < 1.29 is 19.2 Å². The van der Waals surface area contributed by atoms with Crippen LogP contribution < -0.4 is 10.6 Å². The molecule has 7 heteroatoms. The van der Waals surface area contributed by atoms with Gasteiger partial charge >= 0.3 is 0 Å². The molecule has 25 heavy (non-hydrogen) atoms. The Morgan fingerprint density at radius 1 is 1.04 bits per heavy atom. The van der Waals surface area contributed by atoms with E-state index in [1.165, 1.54) is 17.1 Å².